The molecule has 1 aromatic heterocycles. The van der Waals surface area contributed by atoms with Gasteiger partial charge in [-0.1, -0.05) is 20.8 Å². The SMILES string of the molecule is CCC(=O)c1sc(NC(C)C(C)C)c(C(=O)NC)c1N. The Balaban J connectivity index is 3.27. The summed E-state index contributed by atoms with van der Waals surface area (Å²) in [6, 6.07) is 0.182. The highest BCUT2D eigenvalue weighted by Crippen LogP contribution is 2.37. The van der Waals surface area contributed by atoms with Gasteiger partial charge in [0, 0.05) is 19.5 Å². The molecular formula is C14H23N3O2S. The fourth-order valence-electron chi connectivity index (χ4n) is 1.64. The van der Waals surface area contributed by atoms with Gasteiger partial charge in [-0.2, -0.15) is 0 Å². The summed E-state index contributed by atoms with van der Waals surface area (Å²) in [5.41, 5.74) is 6.65. The van der Waals surface area contributed by atoms with Gasteiger partial charge in [0.25, 0.3) is 5.91 Å². The van der Waals surface area contributed by atoms with Crippen molar-refractivity contribution in [3.63, 3.8) is 0 Å². The maximum atomic E-state index is 12.0. The van der Waals surface area contributed by atoms with Crippen molar-refractivity contribution in [2.75, 3.05) is 18.1 Å². The van der Waals surface area contributed by atoms with Gasteiger partial charge >= 0.3 is 0 Å². The lowest BCUT2D eigenvalue weighted by Gasteiger charge is -2.18. The van der Waals surface area contributed by atoms with Gasteiger partial charge < -0.3 is 16.4 Å². The van der Waals surface area contributed by atoms with Gasteiger partial charge in [0.05, 0.1) is 16.1 Å². The van der Waals surface area contributed by atoms with E-state index in [1.807, 2.05) is 6.92 Å². The van der Waals surface area contributed by atoms with Gasteiger partial charge in [-0.15, -0.1) is 11.3 Å². The van der Waals surface area contributed by atoms with Crippen LogP contribution in [-0.4, -0.2) is 24.8 Å². The predicted octanol–water partition coefficient (Wildman–Crippen LogP) is 2.74. The number of nitrogens with two attached hydrogens (primary N) is 1. The molecule has 0 aliphatic heterocycles. The first-order valence-electron chi connectivity index (χ1n) is 6.77. The van der Waals surface area contributed by atoms with Crippen molar-refractivity contribution in [3.8, 4) is 0 Å². The molecule has 112 valence electrons. The van der Waals surface area contributed by atoms with Crippen LogP contribution in [-0.2, 0) is 0 Å². The minimum absolute atomic E-state index is 0.0390. The van der Waals surface area contributed by atoms with E-state index in [9.17, 15) is 9.59 Å². The second-order valence-corrected chi connectivity index (χ2v) is 6.10. The molecule has 0 bridgehead atoms. The summed E-state index contributed by atoms with van der Waals surface area (Å²) in [4.78, 5) is 24.4. The first kappa shape index (κ1) is 16.5. The summed E-state index contributed by atoms with van der Waals surface area (Å²) >= 11 is 1.26. The summed E-state index contributed by atoms with van der Waals surface area (Å²) in [6.07, 6.45) is 0.372. The van der Waals surface area contributed by atoms with Crippen LogP contribution in [0.3, 0.4) is 0 Å². The van der Waals surface area contributed by atoms with Crippen molar-refractivity contribution < 1.29 is 9.59 Å². The Bertz CT molecular complexity index is 509. The number of Topliss-reactive ketones (excluding diaryl/α,β-unsaturated/α-hetero) is 1. The monoisotopic (exact) mass is 297 g/mol. The minimum atomic E-state index is -0.271. The summed E-state index contributed by atoms with van der Waals surface area (Å²) in [6.45, 7) is 8.00. The summed E-state index contributed by atoms with van der Waals surface area (Å²) in [5, 5.41) is 6.53. The molecule has 0 saturated carbocycles. The number of nitrogen functional groups attached to an aromatic ring is 1. The number of hydrogen-bond acceptors (Lipinski definition) is 5. The van der Waals surface area contributed by atoms with Crippen molar-refractivity contribution in [2.45, 2.75) is 40.2 Å². The molecule has 4 N–H and O–H groups in total. The number of hydrogen-bond donors (Lipinski definition) is 3. The third-order valence-corrected chi connectivity index (χ3v) is 4.51. The Morgan fingerprint density at radius 3 is 2.35 bits per heavy atom. The van der Waals surface area contributed by atoms with Crippen LogP contribution in [0.2, 0.25) is 0 Å². The number of carbonyl (C=O) groups is 2. The van der Waals surface area contributed by atoms with Gasteiger partial charge in [-0.05, 0) is 12.8 Å². The zero-order valence-electron chi connectivity index (χ0n) is 12.7. The first-order chi connectivity index (χ1) is 9.33. The maximum Gasteiger partial charge on any atom is 0.256 e. The summed E-state index contributed by atoms with van der Waals surface area (Å²) in [7, 11) is 1.55. The van der Waals surface area contributed by atoms with Gasteiger partial charge in [0.1, 0.15) is 5.00 Å². The molecule has 5 nitrogen and oxygen atoms in total. The second-order valence-electron chi connectivity index (χ2n) is 5.08. The van der Waals surface area contributed by atoms with E-state index in [0.29, 0.717) is 27.8 Å². The maximum absolute atomic E-state index is 12.0. The van der Waals surface area contributed by atoms with E-state index in [0.717, 1.165) is 0 Å². The molecule has 0 saturated heterocycles. The smallest absolute Gasteiger partial charge is 0.256 e. The van der Waals surface area contributed by atoms with Crippen molar-refractivity contribution >= 4 is 33.7 Å². The molecule has 1 amide bonds. The van der Waals surface area contributed by atoms with Crippen LogP contribution < -0.4 is 16.4 Å². The number of amides is 1. The summed E-state index contributed by atoms with van der Waals surface area (Å²) in [5.74, 6) is 0.0939. The van der Waals surface area contributed by atoms with E-state index in [1.54, 1.807) is 14.0 Å². The predicted molar refractivity (Wildman–Crippen MR) is 84.7 cm³/mol. The number of anilines is 2. The average Bonchev–Trinajstić information content (AvgIpc) is 2.73. The average molecular weight is 297 g/mol. The van der Waals surface area contributed by atoms with Crippen molar-refractivity contribution in [1.29, 1.82) is 0 Å². The van der Waals surface area contributed by atoms with Gasteiger partial charge in [-0.3, -0.25) is 9.59 Å². The minimum Gasteiger partial charge on any atom is -0.397 e. The van der Waals surface area contributed by atoms with Crippen LogP contribution in [0.5, 0.6) is 0 Å². The van der Waals surface area contributed by atoms with E-state index in [-0.39, 0.29) is 23.4 Å². The molecule has 20 heavy (non-hydrogen) atoms. The third kappa shape index (κ3) is 3.30. The molecule has 0 aliphatic carbocycles. The molecule has 1 aromatic rings. The lowest BCUT2D eigenvalue weighted by atomic mass is 10.1. The van der Waals surface area contributed by atoms with Gasteiger partial charge in [0.2, 0.25) is 0 Å². The van der Waals surface area contributed by atoms with Crippen LogP contribution in [0.4, 0.5) is 10.7 Å². The Morgan fingerprint density at radius 1 is 1.30 bits per heavy atom. The Kier molecular flexibility index (Phi) is 5.56. The number of thiophene rings is 1. The zero-order valence-corrected chi connectivity index (χ0v) is 13.5. The lowest BCUT2D eigenvalue weighted by molar-refractivity contribution is 0.0964. The topological polar surface area (TPSA) is 84.2 Å². The molecule has 1 atom stereocenters. The Hall–Kier alpha value is -1.56. The fourth-order valence-corrected chi connectivity index (χ4v) is 2.86. The van der Waals surface area contributed by atoms with Gasteiger partial charge in [0.15, 0.2) is 5.78 Å². The number of nitrogens with one attached hydrogen (secondary N) is 2. The number of carbonyl (C=O) groups excluding carboxylic acids is 2. The standard InChI is InChI=1S/C14H23N3O2S/c1-6-9(18)12-11(15)10(13(19)16-5)14(20-12)17-8(4)7(2)3/h7-8,17H,6,15H2,1-5H3,(H,16,19). The van der Waals surface area contributed by atoms with E-state index in [4.69, 9.17) is 5.73 Å². The molecule has 0 fully saturated rings. The van der Waals surface area contributed by atoms with Crippen LogP contribution in [0.15, 0.2) is 0 Å². The largest absolute Gasteiger partial charge is 0.397 e. The van der Waals surface area contributed by atoms with E-state index < -0.39 is 0 Å². The number of rotatable bonds is 6. The highest BCUT2D eigenvalue weighted by Gasteiger charge is 2.25. The first-order valence-corrected chi connectivity index (χ1v) is 7.59. The summed E-state index contributed by atoms with van der Waals surface area (Å²) < 4.78 is 0. The van der Waals surface area contributed by atoms with E-state index >= 15 is 0 Å². The molecule has 0 radical (unpaired) electrons. The molecule has 1 rings (SSSR count). The highest BCUT2D eigenvalue weighted by atomic mass is 32.1. The third-order valence-electron chi connectivity index (χ3n) is 3.33. The molecular weight excluding hydrogens is 274 g/mol. The molecule has 1 heterocycles. The van der Waals surface area contributed by atoms with Crippen molar-refractivity contribution in [2.24, 2.45) is 5.92 Å². The normalized spacial score (nSPS) is 12.3. The zero-order chi connectivity index (χ0) is 15.4. The van der Waals surface area contributed by atoms with Crippen LogP contribution >= 0.6 is 11.3 Å². The molecule has 0 aromatic carbocycles. The molecule has 6 heteroatoms. The Labute approximate surface area is 123 Å². The van der Waals surface area contributed by atoms with Crippen LogP contribution in [0, 0.1) is 5.92 Å². The van der Waals surface area contributed by atoms with Crippen LogP contribution in [0.1, 0.15) is 54.1 Å². The van der Waals surface area contributed by atoms with E-state index in [2.05, 4.69) is 24.5 Å². The second kappa shape index (κ2) is 6.74. The fraction of sp³-hybridized carbons (Fsp3) is 0.571. The Morgan fingerprint density at radius 2 is 1.90 bits per heavy atom. The lowest BCUT2D eigenvalue weighted by Crippen LogP contribution is -2.24. The molecule has 0 aliphatic rings. The van der Waals surface area contributed by atoms with Crippen LogP contribution in [0.25, 0.3) is 0 Å². The van der Waals surface area contributed by atoms with E-state index in [1.165, 1.54) is 11.3 Å². The van der Waals surface area contributed by atoms with Crippen molar-refractivity contribution in [3.05, 3.63) is 10.4 Å². The number of ketones is 1. The van der Waals surface area contributed by atoms with Crippen molar-refractivity contribution in [1.82, 2.24) is 5.32 Å². The highest BCUT2D eigenvalue weighted by molar-refractivity contribution is 7.19. The van der Waals surface area contributed by atoms with Gasteiger partial charge in [-0.25, -0.2) is 0 Å². The molecule has 0 spiro atoms. The quantitative estimate of drug-likeness (QED) is 0.705. The molecule has 1 unspecified atom stereocenters.